The van der Waals surface area contributed by atoms with Crippen LogP contribution in [0, 0.1) is 0 Å². The van der Waals surface area contributed by atoms with Crippen LogP contribution in [0.5, 0.6) is 5.75 Å². The molecule has 172 valence electrons. The van der Waals surface area contributed by atoms with Gasteiger partial charge in [0, 0.05) is 24.2 Å². The van der Waals surface area contributed by atoms with Crippen LogP contribution in [0.1, 0.15) is 30.1 Å². The lowest BCUT2D eigenvalue weighted by molar-refractivity contribution is -0.122. The van der Waals surface area contributed by atoms with Gasteiger partial charge in [-0.2, -0.15) is 4.31 Å². The second-order valence-electron chi connectivity index (χ2n) is 7.91. The molecule has 1 aliphatic rings. The highest BCUT2D eigenvalue weighted by Crippen LogP contribution is 2.28. The molecule has 3 aromatic rings. The van der Waals surface area contributed by atoms with Gasteiger partial charge in [-0.05, 0) is 49.4 Å². The Balaban J connectivity index is 1.55. The molecule has 3 aromatic carbocycles. The van der Waals surface area contributed by atoms with E-state index < -0.39 is 27.9 Å². The number of nitrogens with one attached hydrogen (secondary N) is 1. The second kappa shape index (κ2) is 9.21. The van der Waals surface area contributed by atoms with Crippen molar-refractivity contribution in [3.8, 4) is 5.75 Å². The third kappa shape index (κ3) is 4.69. The smallest absolute Gasteiger partial charge is 0.265 e. The van der Waals surface area contributed by atoms with Crippen LogP contribution in [0.15, 0.2) is 65.6 Å². The molecule has 0 radical (unpaired) electrons. The number of amides is 2. The quantitative estimate of drug-likeness (QED) is 0.553. The summed E-state index contributed by atoms with van der Waals surface area (Å²) >= 11 is 0. The lowest BCUT2D eigenvalue weighted by atomic mass is 10.1. The van der Waals surface area contributed by atoms with Crippen molar-refractivity contribution in [1.29, 1.82) is 0 Å². The van der Waals surface area contributed by atoms with Crippen molar-refractivity contribution in [2.45, 2.75) is 30.8 Å². The molecule has 1 heterocycles. The van der Waals surface area contributed by atoms with E-state index in [9.17, 15) is 18.0 Å². The molecular weight excluding hydrogens is 442 g/mol. The van der Waals surface area contributed by atoms with E-state index in [0.29, 0.717) is 18.8 Å². The van der Waals surface area contributed by atoms with E-state index in [-0.39, 0.29) is 16.2 Å². The van der Waals surface area contributed by atoms with Gasteiger partial charge < -0.3 is 15.8 Å². The summed E-state index contributed by atoms with van der Waals surface area (Å²) in [5, 5.41) is 4.71. The average Bonchev–Trinajstić information content (AvgIpc) is 3.35. The molecule has 0 saturated carbocycles. The number of carbonyl (C=O) groups is 2. The number of nitrogens with two attached hydrogens (primary N) is 1. The van der Waals surface area contributed by atoms with Crippen LogP contribution in [0.25, 0.3) is 10.8 Å². The summed E-state index contributed by atoms with van der Waals surface area (Å²) in [6, 6.07) is 17.2. The number of nitrogens with zero attached hydrogens (tertiary/aromatic N) is 1. The number of anilines is 1. The number of hydrogen-bond acceptors (Lipinski definition) is 5. The van der Waals surface area contributed by atoms with Crippen molar-refractivity contribution in [1.82, 2.24) is 4.31 Å². The van der Waals surface area contributed by atoms with Crippen LogP contribution in [-0.2, 0) is 14.8 Å². The van der Waals surface area contributed by atoms with E-state index in [1.54, 1.807) is 13.0 Å². The predicted molar refractivity (Wildman–Crippen MR) is 126 cm³/mol. The van der Waals surface area contributed by atoms with Gasteiger partial charge in [-0.25, -0.2) is 8.42 Å². The maximum atomic E-state index is 12.8. The van der Waals surface area contributed by atoms with Gasteiger partial charge in [0.25, 0.3) is 11.8 Å². The van der Waals surface area contributed by atoms with E-state index in [0.717, 1.165) is 23.6 Å². The predicted octanol–water partition coefficient (Wildman–Crippen LogP) is 3.13. The normalized spacial score (nSPS) is 15.3. The number of fused-ring (bicyclic) bond motifs is 1. The Kier molecular flexibility index (Phi) is 6.35. The van der Waals surface area contributed by atoms with Gasteiger partial charge in [-0.15, -0.1) is 0 Å². The average molecular weight is 468 g/mol. The van der Waals surface area contributed by atoms with Gasteiger partial charge in [-0.1, -0.05) is 36.4 Å². The zero-order valence-electron chi connectivity index (χ0n) is 18.2. The van der Waals surface area contributed by atoms with E-state index in [2.05, 4.69) is 5.32 Å². The van der Waals surface area contributed by atoms with Crippen molar-refractivity contribution in [3.05, 3.63) is 66.2 Å². The van der Waals surface area contributed by atoms with E-state index in [4.69, 9.17) is 10.5 Å². The molecule has 1 fully saturated rings. The number of sulfonamides is 1. The lowest BCUT2D eigenvalue weighted by Crippen LogP contribution is -2.31. The fourth-order valence-corrected chi connectivity index (χ4v) is 5.40. The summed E-state index contributed by atoms with van der Waals surface area (Å²) in [6.07, 6.45) is 0.627. The summed E-state index contributed by atoms with van der Waals surface area (Å²) in [6.45, 7) is 2.43. The highest BCUT2D eigenvalue weighted by Gasteiger charge is 2.29. The van der Waals surface area contributed by atoms with Crippen molar-refractivity contribution in [2.24, 2.45) is 5.73 Å². The van der Waals surface area contributed by atoms with Crippen LogP contribution < -0.4 is 15.8 Å². The summed E-state index contributed by atoms with van der Waals surface area (Å²) in [5.74, 6) is -1.22. The first-order valence-corrected chi connectivity index (χ1v) is 12.1. The standard InChI is InChI=1S/C24H25N3O5S/c1-16(24(29)26-21-10-6-8-17-7-2-3-9-19(17)21)32-22-12-11-18(15-20(22)23(25)28)33(30,31)27-13-4-5-14-27/h2-3,6-12,15-16H,4-5,13-14H2,1H3,(H2,25,28)(H,26,29). The highest BCUT2D eigenvalue weighted by atomic mass is 32.2. The van der Waals surface area contributed by atoms with Crippen LogP contribution >= 0.6 is 0 Å². The molecular formula is C24H25N3O5S. The molecule has 1 aliphatic heterocycles. The van der Waals surface area contributed by atoms with E-state index in [1.807, 2.05) is 36.4 Å². The van der Waals surface area contributed by atoms with Crippen molar-refractivity contribution < 1.29 is 22.7 Å². The minimum Gasteiger partial charge on any atom is -0.480 e. The minimum atomic E-state index is -3.73. The number of benzene rings is 3. The molecule has 1 atom stereocenters. The first-order chi connectivity index (χ1) is 15.8. The summed E-state index contributed by atoms with van der Waals surface area (Å²) < 4.78 is 32.8. The first-order valence-electron chi connectivity index (χ1n) is 10.7. The topological polar surface area (TPSA) is 119 Å². The van der Waals surface area contributed by atoms with Crippen LogP contribution in [0.4, 0.5) is 5.69 Å². The van der Waals surface area contributed by atoms with Crippen LogP contribution in [0.2, 0.25) is 0 Å². The van der Waals surface area contributed by atoms with Crippen LogP contribution in [-0.4, -0.2) is 43.7 Å². The Bertz CT molecular complexity index is 1310. The molecule has 0 spiro atoms. The fourth-order valence-electron chi connectivity index (χ4n) is 3.86. The first kappa shape index (κ1) is 22.8. The maximum Gasteiger partial charge on any atom is 0.265 e. The summed E-state index contributed by atoms with van der Waals surface area (Å²) in [4.78, 5) is 24.8. The van der Waals surface area contributed by atoms with Gasteiger partial charge in [0.2, 0.25) is 10.0 Å². The van der Waals surface area contributed by atoms with Gasteiger partial charge in [-0.3, -0.25) is 9.59 Å². The van der Waals surface area contributed by atoms with Gasteiger partial charge in [0.15, 0.2) is 6.10 Å². The monoisotopic (exact) mass is 467 g/mol. The molecule has 1 saturated heterocycles. The third-order valence-corrected chi connectivity index (χ3v) is 7.53. The maximum absolute atomic E-state index is 12.8. The molecule has 2 amide bonds. The Morgan fingerprint density at radius 1 is 1.03 bits per heavy atom. The van der Waals surface area contributed by atoms with Gasteiger partial charge >= 0.3 is 0 Å². The van der Waals surface area contributed by atoms with Crippen molar-refractivity contribution >= 4 is 38.3 Å². The lowest BCUT2D eigenvalue weighted by Gasteiger charge is -2.19. The third-order valence-electron chi connectivity index (χ3n) is 5.64. The summed E-state index contributed by atoms with van der Waals surface area (Å²) in [5.41, 5.74) is 6.03. The molecule has 4 rings (SSSR count). The molecule has 1 unspecified atom stereocenters. The molecule has 0 aliphatic carbocycles. The van der Waals surface area contributed by atoms with Crippen molar-refractivity contribution in [3.63, 3.8) is 0 Å². The van der Waals surface area contributed by atoms with Gasteiger partial charge in [0.1, 0.15) is 5.75 Å². The Morgan fingerprint density at radius 3 is 2.45 bits per heavy atom. The number of primary amides is 1. The van der Waals surface area contributed by atoms with E-state index >= 15 is 0 Å². The molecule has 0 aromatic heterocycles. The van der Waals surface area contributed by atoms with Crippen LogP contribution in [0.3, 0.4) is 0 Å². The largest absolute Gasteiger partial charge is 0.480 e. The molecule has 9 heteroatoms. The SMILES string of the molecule is CC(Oc1ccc(S(=O)(=O)N2CCCC2)cc1C(N)=O)C(=O)Nc1cccc2ccccc12. The molecule has 8 nitrogen and oxygen atoms in total. The summed E-state index contributed by atoms with van der Waals surface area (Å²) in [7, 11) is -3.73. The molecule has 0 bridgehead atoms. The number of hydrogen-bond donors (Lipinski definition) is 2. The second-order valence-corrected chi connectivity index (χ2v) is 9.85. The minimum absolute atomic E-state index is 0.0293. The molecule has 33 heavy (non-hydrogen) atoms. The molecule has 3 N–H and O–H groups in total. The van der Waals surface area contributed by atoms with Crippen molar-refractivity contribution in [2.75, 3.05) is 18.4 Å². The van der Waals surface area contributed by atoms with E-state index in [1.165, 1.54) is 22.5 Å². The highest BCUT2D eigenvalue weighted by molar-refractivity contribution is 7.89. The Hall–Kier alpha value is -3.43. The fraction of sp³-hybridized carbons (Fsp3) is 0.250. The number of ether oxygens (including phenoxy) is 1. The number of rotatable bonds is 7. The Labute approximate surface area is 192 Å². The number of carbonyl (C=O) groups excluding carboxylic acids is 2. The van der Waals surface area contributed by atoms with Gasteiger partial charge in [0.05, 0.1) is 10.5 Å². The zero-order chi connectivity index (χ0) is 23.6. The Morgan fingerprint density at radius 2 is 1.73 bits per heavy atom. The zero-order valence-corrected chi connectivity index (χ0v) is 19.0.